The Morgan fingerprint density at radius 3 is 2.88 bits per heavy atom. The number of nitrogens with zero attached hydrogens (tertiary/aromatic N) is 1. The van der Waals surface area contributed by atoms with E-state index in [9.17, 15) is 4.79 Å². The molecule has 1 aromatic rings. The molecule has 0 spiro atoms. The Morgan fingerprint density at radius 2 is 2.17 bits per heavy atom. The molecule has 1 unspecified atom stereocenters. The van der Waals surface area contributed by atoms with Crippen LogP contribution in [0, 0.1) is 12.8 Å². The lowest BCUT2D eigenvalue weighted by Gasteiger charge is -2.32. The van der Waals surface area contributed by atoms with Crippen molar-refractivity contribution >= 4 is 17.7 Å². The molecule has 1 aliphatic heterocycles. The van der Waals surface area contributed by atoms with E-state index < -0.39 is 0 Å². The fraction of sp³-hybridized carbons (Fsp3) is 0.650. The van der Waals surface area contributed by atoms with E-state index in [4.69, 9.17) is 0 Å². The van der Waals surface area contributed by atoms with Crippen molar-refractivity contribution in [3.63, 3.8) is 0 Å². The molecule has 3 nitrogen and oxygen atoms in total. The third-order valence-corrected chi connectivity index (χ3v) is 5.58. The number of hydrogen-bond donors (Lipinski definition) is 1. The number of aryl methyl sites for hydroxylation is 1. The summed E-state index contributed by atoms with van der Waals surface area (Å²) in [6, 6.07) is 8.67. The molecule has 24 heavy (non-hydrogen) atoms. The van der Waals surface area contributed by atoms with Crippen molar-refractivity contribution in [2.45, 2.75) is 51.8 Å². The number of carbonyl (C=O) groups is 1. The molecule has 1 heterocycles. The Hall–Kier alpha value is -1.00. The average Bonchev–Trinajstić information content (AvgIpc) is 2.51. The molecule has 2 rings (SSSR count). The van der Waals surface area contributed by atoms with Crippen molar-refractivity contribution in [3.8, 4) is 0 Å². The molecule has 4 heteroatoms. The van der Waals surface area contributed by atoms with Gasteiger partial charge in [0.1, 0.15) is 0 Å². The van der Waals surface area contributed by atoms with Gasteiger partial charge in [0.05, 0.1) is 5.92 Å². The molecule has 0 aliphatic carbocycles. The zero-order chi connectivity index (χ0) is 17.6. The first-order valence-corrected chi connectivity index (χ1v) is 10.0. The second kappa shape index (κ2) is 8.91. The number of rotatable bonds is 6. The number of hydrogen-bond acceptors (Lipinski definition) is 3. The van der Waals surface area contributed by atoms with Gasteiger partial charge in [-0.2, -0.15) is 11.8 Å². The summed E-state index contributed by atoms with van der Waals surface area (Å²) in [7, 11) is 0. The van der Waals surface area contributed by atoms with Crippen molar-refractivity contribution in [1.29, 1.82) is 0 Å². The van der Waals surface area contributed by atoms with Crippen LogP contribution < -0.4 is 5.32 Å². The highest BCUT2D eigenvalue weighted by Gasteiger charge is 2.25. The van der Waals surface area contributed by atoms with E-state index in [0.29, 0.717) is 0 Å². The van der Waals surface area contributed by atoms with Crippen LogP contribution in [0.3, 0.4) is 0 Å². The zero-order valence-corrected chi connectivity index (χ0v) is 16.4. The summed E-state index contributed by atoms with van der Waals surface area (Å²) in [5, 5.41) is 3.13. The smallest absolute Gasteiger partial charge is 0.224 e. The lowest BCUT2D eigenvalue weighted by Crippen LogP contribution is -2.43. The SMILES string of the molecule is Cc1cccc(CN2CCCC(C(=O)NCCSC(C)(C)C)C2)c1. The van der Waals surface area contributed by atoms with E-state index in [-0.39, 0.29) is 16.6 Å². The lowest BCUT2D eigenvalue weighted by molar-refractivity contribution is -0.126. The number of likely N-dealkylation sites (tertiary alicyclic amines) is 1. The topological polar surface area (TPSA) is 32.3 Å². The predicted octanol–water partition coefficient (Wildman–Crippen LogP) is 3.85. The van der Waals surface area contributed by atoms with Crippen LogP contribution in [0.5, 0.6) is 0 Å². The molecule has 0 saturated carbocycles. The highest BCUT2D eigenvalue weighted by molar-refractivity contribution is 8.00. The maximum atomic E-state index is 12.4. The molecule has 1 amide bonds. The predicted molar refractivity (Wildman–Crippen MR) is 104 cm³/mol. The Bertz CT molecular complexity index is 539. The average molecular weight is 349 g/mol. The minimum atomic E-state index is 0.142. The van der Waals surface area contributed by atoms with Gasteiger partial charge in [0.25, 0.3) is 0 Å². The normalized spacial score (nSPS) is 19.2. The molecule has 1 fully saturated rings. The maximum absolute atomic E-state index is 12.4. The Kier molecular flexibility index (Phi) is 7.17. The van der Waals surface area contributed by atoms with Gasteiger partial charge in [-0.1, -0.05) is 50.6 Å². The van der Waals surface area contributed by atoms with Gasteiger partial charge in [-0.05, 0) is 31.9 Å². The summed E-state index contributed by atoms with van der Waals surface area (Å²) in [5.41, 5.74) is 2.65. The first kappa shape index (κ1) is 19.3. The minimum absolute atomic E-state index is 0.142. The minimum Gasteiger partial charge on any atom is -0.355 e. The van der Waals surface area contributed by atoms with Crippen LogP contribution in [-0.4, -0.2) is 40.9 Å². The fourth-order valence-corrected chi connectivity index (χ4v) is 3.97. The second-order valence-electron chi connectivity index (χ2n) is 7.82. The van der Waals surface area contributed by atoms with Gasteiger partial charge in [0.15, 0.2) is 0 Å². The fourth-order valence-electron chi connectivity index (χ4n) is 3.16. The van der Waals surface area contributed by atoms with Crippen LogP contribution in [0.4, 0.5) is 0 Å². The van der Waals surface area contributed by atoms with E-state index in [1.807, 2.05) is 11.8 Å². The number of piperidine rings is 1. The molecule has 1 aliphatic rings. The Labute approximate surface area is 151 Å². The summed E-state index contributed by atoms with van der Waals surface area (Å²) in [6.45, 7) is 12.5. The molecule has 134 valence electrons. The van der Waals surface area contributed by atoms with E-state index in [1.54, 1.807) is 0 Å². The Balaban J connectivity index is 1.76. The third-order valence-electron chi connectivity index (χ3n) is 4.30. The summed E-state index contributed by atoms with van der Waals surface area (Å²) in [6.07, 6.45) is 2.13. The summed E-state index contributed by atoms with van der Waals surface area (Å²) >= 11 is 1.90. The third kappa shape index (κ3) is 6.86. The van der Waals surface area contributed by atoms with Gasteiger partial charge in [-0.15, -0.1) is 0 Å². The first-order valence-electron chi connectivity index (χ1n) is 9.03. The van der Waals surface area contributed by atoms with Crippen LogP contribution in [0.15, 0.2) is 24.3 Å². The molecule has 1 N–H and O–H groups in total. The number of thioether (sulfide) groups is 1. The lowest BCUT2D eigenvalue weighted by atomic mass is 9.96. The molecule has 1 aromatic carbocycles. The van der Waals surface area contributed by atoms with Gasteiger partial charge in [0, 0.05) is 30.1 Å². The van der Waals surface area contributed by atoms with Gasteiger partial charge >= 0.3 is 0 Å². The van der Waals surface area contributed by atoms with Gasteiger partial charge in [-0.25, -0.2) is 0 Å². The quantitative estimate of drug-likeness (QED) is 0.793. The van der Waals surface area contributed by atoms with Gasteiger partial charge < -0.3 is 5.32 Å². The molecule has 0 radical (unpaired) electrons. The number of benzene rings is 1. The zero-order valence-electron chi connectivity index (χ0n) is 15.6. The van der Waals surface area contributed by atoms with Crippen LogP contribution >= 0.6 is 11.8 Å². The molecule has 1 saturated heterocycles. The largest absolute Gasteiger partial charge is 0.355 e. The number of nitrogens with one attached hydrogen (secondary N) is 1. The van der Waals surface area contributed by atoms with Gasteiger partial charge in [-0.3, -0.25) is 9.69 Å². The summed E-state index contributed by atoms with van der Waals surface area (Å²) in [5.74, 6) is 1.36. The molecule has 0 bridgehead atoms. The van der Waals surface area contributed by atoms with E-state index in [0.717, 1.165) is 44.8 Å². The van der Waals surface area contributed by atoms with Crippen LogP contribution in [-0.2, 0) is 11.3 Å². The van der Waals surface area contributed by atoms with E-state index in [1.165, 1.54) is 11.1 Å². The van der Waals surface area contributed by atoms with Crippen LogP contribution in [0.2, 0.25) is 0 Å². The van der Waals surface area contributed by atoms with E-state index in [2.05, 4.69) is 62.2 Å². The second-order valence-corrected chi connectivity index (χ2v) is 9.74. The van der Waals surface area contributed by atoms with Crippen molar-refractivity contribution in [3.05, 3.63) is 35.4 Å². The summed E-state index contributed by atoms with van der Waals surface area (Å²) in [4.78, 5) is 14.9. The maximum Gasteiger partial charge on any atom is 0.224 e. The molecular weight excluding hydrogens is 316 g/mol. The van der Waals surface area contributed by atoms with Crippen molar-refractivity contribution in [1.82, 2.24) is 10.2 Å². The summed E-state index contributed by atoms with van der Waals surface area (Å²) < 4.78 is 0.264. The Morgan fingerprint density at radius 1 is 1.38 bits per heavy atom. The molecular formula is C20H32N2OS. The van der Waals surface area contributed by atoms with Gasteiger partial charge in [0.2, 0.25) is 5.91 Å². The highest BCUT2D eigenvalue weighted by Crippen LogP contribution is 2.22. The van der Waals surface area contributed by atoms with Crippen molar-refractivity contribution in [2.75, 3.05) is 25.4 Å². The van der Waals surface area contributed by atoms with Crippen molar-refractivity contribution in [2.24, 2.45) is 5.92 Å². The highest BCUT2D eigenvalue weighted by atomic mass is 32.2. The molecule has 1 atom stereocenters. The van der Waals surface area contributed by atoms with Crippen LogP contribution in [0.1, 0.15) is 44.7 Å². The van der Waals surface area contributed by atoms with Crippen LogP contribution in [0.25, 0.3) is 0 Å². The molecule has 0 aromatic heterocycles. The standard InChI is InChI=1S/C20H32N2OS/c1-16-7-5-8-17(13-16)14-22-11-6-9-18(15-22)19(23)21-10-12-24-20(2,3)4/h5,7-8,13,18H,6,9-12,14-15H2,1-4H3,(H,21,23). The van der Waals surface area contributed by atoms with Crippen molar-refractivity contribution < 1.29 is 4.79 Å². The van der Waals surface area contributed by atoms with E-state index >= 15 is 0 Å². The monoisotopic (exact) mass is 348 g/mol. The number of amides is 1. The number of carbonyl (C=O) groups excluding carboxylic acids is 1. The first-order chi connectivity index (χ1) is 11.3.